The van der Waals surface area contributed by atoms with E-state index in [-0.39, 0.29) is 11.5 Å². The molecule has 0 aliphatic rings. The summed E-state index contributed by atoms with van der Waals surface area (Å²) in [5.41, 5.74) is 12.1. The number of fused-ring (bicyclic) bond motifs is 4. The van der Waals surface area contributed by atoms with Gasteiger partial charge in [0.2, 0.25) is 0 Å². The average Bonchev–Trinajstić information content (AvgIpc) is 3.49. The summed E-state index contributed by atoms with van der Waals surface area (Å²) in [5.74, 6) is 0.619. The minimum absolute atomic E-state index is 0.0860. The van der Waals surface area contributed by atoms with Gasteiger partial charge >= 0.3 is 0 Å². The molecule has 0 aliphatic carbocycles. The van der Waals surface area contributed by atoms with Crippen LogP contribution in [-0.2, 0) is 0 Å². The van der Waals surface area contributed by atoms with Crippen LogP contribution in [0.2, 0.25) is 0 Å². The molecule has 8 rings (SSSR count). The lowest BCUT2D eigenvalue weighted by Crippen LogP contribution is -2.48. The van der Waals surface area contributed by atoms with Gasteiger partial charge in [0.05, 0.1) is 11.0 Å². The number of hydrogen-bond donors (Lipinski definition) is 2. The zero-order chi connectivity index (χ0) is 32.7. The Morgan fingerprint density at radius 2 is 1.02 bits per heavy atom. The number of benzene rings is 7. The number of hydrogen-bond acceptors (Lipinski definition) is 3. The summed E-state index contributed by atoms with van der Waals surface area (Å²) < 4.78 is 2.24. The monoisotopic (exact) mass is 600 g/mol. The van der Waals surface area contributed by atoms with Crippen molar-refractivity contribution in [2.75, 3.05) is 0 Å². The number of imidazole rings is 1. The van der Waals surface area contributed by atoms with E-state index in [4.69, 9.17) is 4.98 Å². The first-order valence-corrected chi connectivity index (χ1v) is 16.1. The third-order valence-electron chi connectivity index (χ3n) is 10.5. The Balaban J connectivity index is 1.70. The first-order chi connectivity index (χ1) is 22.7. The maximum atomic E-state index is 11.5. The van der Waals surface area contributed by atoms with Crippen LogP contribution in [0.25, 0.3) is 71.6 Å². The van der Waals surface area contributed by atoms with Gasteiger partial charge in [-0.1, -0.05) is 77.7 Å². The van der Waals surface area contributed by atoms with E-state index in [9.17, 15) is 10.2 Å². The number of nitrogens with zero attached hydrogens (tertiary/aromatic N) is 2. The van der Waals surface area contributed by atoms with Gasteiger partial charge in [-0.15, -0.1) is 10.9 Å². The van der Waals surface area contributed by atoms with Gasteiger partial charge in [0, 0.05) is 11.3 Å². The van der Waals surface area contributed by atoms with E-state index in [0.717, 1.165) is 66.2 Å². The van der Waals surface area contributed by atoms with E-state index in [0.29, 0.717) is 10.9 Å². The molecule has 47 heavy (non-hydrogen) atoms. The maximum Gasteiger partial charge on any atom is 0.150 e. The van der Waals surface area contributed by atoms with Crippen molar-refractivity contribution in [1.82, 2.24) is 9.55 Å². The Hall–Kier alpha value is -5.22. The summed E-state index contributed by atoms with van der Waals surface area (Å²) in [6.45, 7) is 0. The number of phenolic OH excluding ortho intramolecular Hbond substituents is 2. The predicted octanol–water partition coefficient (Wildman–Crippen LogP) is -1.22. The predicted molar refractivity (Wildman–Crippen MR) is 217 cm³/mol. The first kappa shape index (κ1) is 29.2. The molecule has 1 aromatic heterocycles. The number of aromatic hydroxyl groups is 2. The Bertz CT molecular complexity index is 2540. The Labute approximate surface area is 278 Å². The Kier molecular flexibility index (Phi) is 6.63. The number of phenols is 2. The van der Waals surface area contributed by atoms with Gasteiger partial charge in [0.15, 0.2) is 11.5 Å². The van der Waals surface area contributed by atoms with E-state index in [1.807, 2.05) is 27.8 Å². The zero-order valence-electron chi connectivity index (χ0n) is 27.5. The third kappa shape index (κ3) is 4.14. The molecule has 0 radical (unpaired) electrons. The molecular formula is C37H30B6N2O2. The molecule has 0 saturated heterocycles. The number of para-hydroxylation sites is 3. The molecule has 0 amide bonds. The lowest BCUT2D eigenvalue weighted by molar-refractivity contribution is 0.410. The lowest BCUT2D eigenvalue weighted by atomic mass is 9.62. The van der Waals surface area contributed by atoms with Crippen LogP contribution in [0.4, 0.5) is 0 Å². The summed E-state index contributed by atoms with van der Waals surface area (Å²) in [5, 5.41) is 29.4. The van der Waals surface area contributed by atoms with Crippen LogP contribution in [-0.4, -0.2) is 66.8 Å². The van der Waals surface area contributed by atoms with Gasteiger partial charge < -0.3 is 10.2 Å². The zero-order valence-corrected chi connectivity index (χ0v) is 27.5. The quantitative estimate of drug-likeness (QED) is 0.152. The van der Waals surface area contributed by atoms with Crippen molar-refractivity contribution >= 4 is 123 Å². The molecule has 0 spiro atoms. The summed E-state index contributed by atoms with van der Waals surface area (Å²) in [4.78, 5) is 5.37. The highest BCUT2D eigenvalue weighted by Gasteiger charge is 2.29. The van der Waals surface area contributed by atoms with Crippen molar-refractivity contribution in [3.63, 3.8) is 0 Å². The molecule has 0 unspecified atom stereocenters. The van der Waals surface area contributed by atoms with E-state index < -0.39 is 0 Å². The van der Waals surface area contributed by atoms with Crippen molar-refractivity contribution in [2.45, 2.75) is 0 Å². The fraction of sp³-hybridized carbons (Fsp3) is 0. The van der Waals surface area contributed by atoms with E-state index >= 15 is 0 Å². The second-order valence-electron chi connectivity index (χ2n) is 12.9. The molecule has 218 valence electrons. The van der Waals surface area contributed by atoms with Crippen molar-refractivity contribution in [3.05, 3.63) is 97.1 Å². The van der Waals surface area contributed by atoms with Crippen LogP contribution >= 0.6 is 0 Å². The van der Waals surface area contributed by atoms with Gasteiger partial charge in [-0.3, -0.25) is 4.57 Å². The third-order valence-corrected chi connectivity index (χ3v) is 10.5. The highest BCUT2D eigenvalue weighted by Crippen LogP contribution is 2.44. The Morgan fingerprint density at radius 1 is 0.489 bits per heavy atom. The SMILES string of the molecule is Bc1c(B)c(B)c2c(-c3nc4ccccc4n3-c3ccccc3)c3c(B)c(O)c(O)c(B)c3c(-c3ccc4ccccc4c3)c2c1B. The smallest absolute Gasteiger partial charge is 0.150 e. The van der Waals surface area contributed by atoms with Crippen molar-refractivity contribution in [1.29, 1.82) is 0 Å². The second-order valence-corrected chi connectivity index (χ2v) is 12.9. The summed E-state index contributed by atoms with van der Waals surface area (Å²) in [6, 6.07) is 33.6. The standard InChI is InChI=1S/C37H30B6N2O2/c38-29-24-23(19-15-14-17-8-4-5-9-18(17)16-19)25-27(32(41)36(47)35(46)31(25)40)28(26(24)30(39)34(43)33(29)42)37-44-21-12-6-7-13-22(21)45(37)20-10-2-1-3-11-20/h1-16,46-47H,38-43H2. The lowest BCUT2D eigenvalue weighted by Gasteiger charge is -2.27. The van der Waals surface area contributed by atoms with Gasteiger partial charge in [-0.05, 0) is 84.7 Å². The van der Waals surface area contributed by atoms with Gasteiger partial charge in [-0.25, -0.2) is 4.98 Å². The minimum Gasteiger partial charge on any atom is -0.505 e. The van der Waals surface area contributed by atoms with Gasteiger partial charge in [0.25, 0.3) is 0 Å². The normalized spacial score (nSPS) is 11.7. The Morgan fingerprint density at radius 3 is 1.70 bits per heavy atom. The van der Waals surface area contributed by atoms with Gasteiger partial charge in [-0.2, -0.15) is 0 Å². The highest BCUT2D eigenvalue weighted by atomic mass is 16.3. The summed E-state index contributed by atoms with van der Waals surface area (Å²) >= 11 is 0. The fourth-order valence-electron chi connectivity index (χ4n) is 7.67. The van der Waals surface area contributed by atoms with E-state index in [1.54, 1.807) is 0 Å². The summed E-state index contributed by atoms with van der Waals surface area (Å²) in [6.07, 6.45) is 0. The molecule has 0 atom stereocenters. The van der Waals surface area contributed by atoms with Crippen LogP contribution in [0.1, 0.15) is 0 Å². The van der Waals surface area contributed by atoms with Crippen LogP contribution in [0, 0.1) is 0 Å². The average molecular weight is 600 g/mol. The molecule has 0 fully saturated rings. The van der Waals surface area contributed by atoms with Crippen LogP contribution in [0.5, 0.6) is 11.5 Å². The number of aromatic nitrogens is 2. The minimum atomic E-state index is -0.0966. The van der Waals surface area contributed by atoms with Crippen molar-refractivity contribution in [2.24, 2.45) is 0 Å². The fourth-order valence-corrected chi connectivity index (χ4v) is 7.67. The molecule has 0 bridgehead atoms. The molecule has 0 saturated carbocycles. The van der Waals surface area contributed by atoms with Gasteiger partial charge in [0.1, 0.15) is 52.9 Å². The summed E-state index contributed by atoms with van der Waals surface area (Å²) in [7, 11) is 12.7. The molecule has 1 heterocycles. The molecule has 0 aliphatic heterocycles. The highest BCUT2D eigenvalue weighted by molar-refractivity contribution is 6.68. The molecule has 2 N–H and O–H groups in total. The largest absolute Gasteiger partial charge is 0.505 e. The maximum absolute atomic E-state index is 11.5. The molecule has 4 nitrogen and oxygen atoms in total. The first-order valence-electron chi connectivity index (χ1n) is 16.1. The van der Waals surface area contributed by atoms with Crippen LogP contribution < -0.4 is 32.8 Å². The van der Waals surface area contributed by atoms with Crippen molar-refractivity contribution in [3.8, 4) is 39.7 Å². The molecule has 8 aromatic rings. The van der Waals surface area contributed by atoms with E-state index in [2.05, 4.69) is 121 Å². The second kappa shape index (κ2) is 10.7. The number of rotatable bonds is 3. The molecule has 7 aromatic carbocycles. The van der Waals surface area contributed by atoms with E-state index in [1.165, 1.54) is 27.2 Å². The van der Waals surface area contributed by atoms with Crippen molar-refractivity contribution < 1.29 is 10.2 Å². The molecule has 10 heteroatoms. The molecular weight excluding hydrogens is 569 g/mol. The van der Waals surface area contributed by atoms with Crippen LogP contribution in [0.15, 0.2) is 97.1 Å². The topological polar surface area (TPSA) is 58.3 Å². The van der Waals surface area contributed by atoms with Crippen LogP contribution in [0.3, 0.4) is 0 Å².